The van der Waals surface area contributed by atoms with Crippen molar-refractivity contribution in [1.82, 2.24) is 19.3 Å². The monoisotopic (exact) mass is 398 g/mol. The van der Waals surface area contributed by atoms with Crippen molar-refractivity contribution in [1.29, 1.82) is 0 Å². The molecule has 0 saturated heterocycles. The van der Waals surface area contributed by atoms with Crippen LogP contribution in [0.15, 0.2) is 41.8 Å². The number of ether oxygens (including phenoxy) is 1. The van der Waals surface area contributed by atoms with Gasteiger partial charge in [0.1, 0.15) is 12.1 Å². The molecule has 0 aliphatic carbocycles. The minimum atomic E-state index is 0.124. The lowest BCUT2D eigenvalue weighted by Gasteiger charge is -2.10. The molecule has 7 heteroatoms. The summed E-state index contributed by atoms with van der Waals surface area (Å²) in [4.78, 5) is 12.8. The zero-order chi connectivity index (χ0) is 20.1. The van der Waals surface area contributed by atoms with Gasteiger partial charge in [0.15, 0.2) is 10.9 Å². The second kappa shape index (κ2) is 9.10. The number of rotatable bonds is 9. The number of benzene rings is 1. The number of ketones is 1. The molecular formula is C21H26N4O2S. The third-order valence-electron chi connectivity index (χ3n) is 4.91. The van der Waals surface area contributed by atoms with Crippen LogP contribution in [0.2, 0.25) is 0 Å². The van der Waals surface area contributed by atoms with E-state index in [1.165, 1.54) is 17.3 Å². The molecule has 0 fully saturated rings. The fourth-order valence-corrected chi connectivity index (χ4v) is 4.10. The van der Waals surface area contributed by atoms with Gasteiger partial charge >= 0.3 is 0 Å². The summed E-state index contributed by atoms with van der Waals surface area (Å²) < 4.78 is 9.37. The van der Waals surface area contributed by atoms with Gasteiger partial charge in [0, 0.05) is 30.0 Å². The van der Waals surface area contributed by atoms with Gasteiger partial charge in [-0.2, -0.15) is 0 Å². The topological polar surface area (TPSA) is 61.9 Å². The Labute approximate surface area is 169 Å². The minimum Gasteiger partial charge on any atom is -0.497 e. The number of hydrogen-bond acceptors (Lipinski definition) is 5. The number of Topliss-reactive ketones (excluding diaryl/α,β-unsaturated/α-hetero) is 1. The van der Waals surface area contributed by atoms with Crippen molar-refractivity contribution < 1.29 is 9.53 Å². The van der Waals surface area contributed by atoms with Crippen LogP contribution < -0.4 is 4.74 Å². The van der Waals surface area contributed by atoms with Gasteiger partial charge in [-0.25, -0.2) is 0 Å². The predicted molar refractivity (Wildman–Crippen MR) is 111 cm³/mol. The van der Waals surface area contributed by atoms with Gasteiger partial charge in [0.05, 0.1) is 12.9 Å². The molecule has 1 aromatic carbocycles. The highest BCUT2D eigenvalue weighted by molar-refractivity contribution is 7.99. The van der Waals surface area contributed by atoms with Gasteiger partial charge < -0.3 is 13.9 Å². The molecule has 3 aromatic rings. The summed E-state index contributed by atoms with van der Waals surface area (Å²) in [7, 11) is 1.67. The summed E-state index contributed by atoms with van der Waals surface area (Å²) >= 11 is 1.44. The predicted octanol–water partition coefficient (Wildman–Crippen LogP) is 3.94. The summed E-state index contributed by atoms with van der Waals surface area (Å²) in [5.74, 6) is 1.35. The number of thioether (sulfide) groups is 1. The molecule has 0 N–H and O–H groups in total. The Kier molecular flexibility index (Phi) is 6.57. The smallest absolute Gasteiger partial charge is 0.191 e. The second-order valence-electron chi connectivity index (χ2n) is 6.65. The number of carbonyl (C=O) groups is 1. The molecule has 0 unspecified atom stereocenters. The molecule has 0 radical (unpaired) electrons. The van der Waals surface area contributed by atoms with Gasteiger partial charge in [0.2, 0.25) is 0 Å². The van der Waals surface area contributed by atoms with E-state index in [0.717, 1.165) is 47.4 Å². The summed E-state index contributed by atoms with van der Waals surface area (Å²) in [5, 5.41) is 8.78. The van der Waals surface area contributed by atoms with Crippen LogP contribution in [-0.4, -0.2) is 38.0 Å². The quantitative estimate of drug-likeness (QED) is 0.403. The number of aromatic nitrogens is 4. The van der Waals surface area contributed by atoms with Crippen molar-refractivity contribution in [2.24, 2.45) is 0 Å². The minimum absolute atomic E-state index is 0.124. The van der Waals surface area contributed by atoms with E-state index in [1.807, 2.05) is 36.6 Å². The zero-order valence-corrected chi connectivity index (χ0v) is 17.6. The van der Waals surface area contributed by atoms with Gasteiger partial charge in [-0.15, -0.1) is 10.2 Å². The Balaban J connectivity index is 1.65. The fourth-order valence-electron chi connectivity index (χ4n) is 3.24. The maximum Gasteiger partial charge on any atom is 0.191 e. The molecule has 2 aromatic heterocycles. The third kappa shape index (κ3) is 4.47. The first-order valence-corrected chi connectivity index (χ1v) is 10.4. The lowest BCUT2D eigenvalue weighted by atomic mass is 10.1. The highest BCUT2D eigenvalue weighted by atomic mass is 32.2. The first kappa shape index (κ1) is 20.2. The molecule has 0 spiro atoms. The SMILES string of the molecule is CCn1cnnc1SCC(=O)c1cc(C)n(CCc2ccc(OC)cc2)c1C. The lowest BCUT2D eigenvalue weighted by Crippen LogP contribution is -2.09. The van der Waals surface area contributed by atoms with Crippen molar-refractivity contribution in [2.75, 3.05) is 12.9 Å². The van der Waals surface area contributed by atoms with E-state index in [0.29, 0.717) is 5.75 Å². The van der Waals surface area contributed by atoms with Crippen molar-refractivity contribution >= 4 is 17.5 Å². The third-order valence-corrected chi connectivity index (χ3v) is 5.89. The van der Waals surface area contributed by atoms with Crippen LogP contribution in [0.3, 0.4) is 0 Å². The number of nitrogens with zero attached hydrogens (tertiary/aromatic N) is 4. The van der Waals surface area contributed by atoms with E-state index in [-0.39, 0.29) is 5.78 Å². The van der Waals surface area contributed by atoms with E-state index in [4.69, 9.17) is 4.74 Å². The molecular weight excluding hydrogens is 372 g/mol. The van der Waals surface area contributed by atoms with E-state index in [9.17, 15) is 4.79 Å². The number of hydrogen-bond donors (Lipinski definition) is 0. The molecule has 148 valence electrons. The van der Waals surface area contributed by atoms with Crippen LogP contribution in [0.5, 0.6) is 5.75 Å². The van der Waals surface area contributed by atoms with E-state index in [2.05, 4.69) is 33.8 Å². The fraction of sp³-hybridized carbons (Fsp3) is 0.381. The van der Waals surface area contributed by atoms with Crippen molar-refractivity contribution in [3.8, 4) is 5.75 Å². The lowest BCUT2D eigenvalue weighted by molar-refractivity contribution is 0.102. The zero-order valence-electron chi connectivity index (χ0n) is 16.8. The van der Waals surface area contributed by atoms with E-state index in [1.54, 1.807) is 13.4 Å². The van der Waals surface area contributed by atoms with E-state index >= 15 is 0 Å². The molecule has 3 rings (SSSR count). The maximum absolute atomic E-state index is 12.8. The Morgan fingerprint density at radius 2 is 1.96 bits per heavy atom. The number of carbonyl (C=O) groups excluding carboxylic acids is 1. The molecule has 0 amide bonds. The van der Waals surface area contributed by atoms with Crippen molar-refractivity contribution in [3.05, 3.63) is 59.2 Å². The van der Waals surface area contributed by atoms with Crippen molar-refractivity contribution in [2.45, 2.75) is 45.4 Å². The molecule has 0 atom stereocenters. The van der Waals surface area contributed by atoms with E-state index < -0.39 is 0 Å². The Bertz CT molecular complexity index is 944. The van der Waals surface area contributed by atoms with Crippen LogP contribution in [-0.2, 0) is 19.5 Å². The van der Waals surface area contributed by atoms with Gasteiger partial charge in [-0.3, -0.25) is 4.79 Å². The number of methoxy groups -OCH3 is 1. The molecule has 0 bridgehead atoms. The Morgan fingerprint density at radius 1 is 1.21 bits per heavy atom. The first-order valence-electron chi connectivity index (χ1n) is 9.37. The summed E-state index contributed by atoms with van der Waals surface area (Å²) in [5.41, 5.74) is 4.17. The summed E-state index contributed by atoms with van der Waals surface area (Å²) in [6.45, 7) is 7.75. The maximum atomic E-state index is 12.8. The standard InChI is InChI=1S/C21H26N4O2S/c1-5-24-14-22-23-21(24)28-13-20(26)19-12-15(2)25(16(19)3)11-10-17-6-8-18(27-4)9-7-17/h6-9,12,14H,5,10-11,13H2,1-4H3. The molecule has 6 nitrogen and oxygen atoms in total. The van der Waals surface area contributed by atoms with Crippen LogP contribution in [0.1, 0.15) is 34.2 Å². The van der Waals surface area contributed by atoms with Gasteiger partial charge in [-0.1, -0.05) is 23.9 Å². The summed E-state index contributed by atoms with van der Waals surface area (Å²) in [6.07, 6.45) is 2.60. The van der Waals surface area contributed by atoms with Crippen molar-refractivity contribution in [3.63, 3.8) is 0 Å². The molecule has 2 heterocycles. The van der Waals surface area contributed by atoms with Crippen LogP contribution in [0, 0.1) is 13.8 Å². The Morgan fingerprint density at radius 3 is 2.64 bits per heavy atom. The highest BCUT2D eigenvalue weighted by Crippen LogP contribution is 2.21. The molecule has 28 heavy (non-hydrogen) atoms. The average Bonchev–Trinajstić information content (AvgIpc) is 3.28. The second-order valence-corrected chi connectivity index (χ2v) is 7.59. The normalized spacial score (nSPS) is 11.0. The average molecular weight is 399 g/mol. The molecule has 0 aliphatic heterocycles. The largest absolute Gasteiger partial charge is 0.497 e. The van der Waals surface area contributed by atoms with Gasteiger partial charge in [0.25, 0.3) is 0 Å². The van der Waals surface area contributed by atoms with Gasteiger partial charge in [-0.05, 0) is 51.0 Å². The highest BCUT2D eigenvalue weighted by Gasteiger charge is 2.17. The first-order chi connectivity index (χ1) is 13.5. The van der Waals surface area contributed by atoms with Crippen LogP contribution in [0.4, 0.5) is 0 Å². The van der Waals surface area contributed by atoms with Crippen LogP contribution in [0.25, 0.3) is 0 Å². The Hall–Kier alpha value is -2.54. The molecule has 0 aliphatic rings. The van der Waals surface area contributed by atoms with Crippen LogP contribution >= 0.6 is 11.8 Å². The number of aryl methyl sites for hydroxylation is 3. The summed E-state index contributed by atoms with van der Waals surface area (Å²) in [6, 6.07) is 10.1. The molecule has 0 saturated carbocycles.